The van der Waals surface area contributed by atoms with Gasteiger partial charge >= 0.3 is 5.97 Å². The third-order valence-electron chi connectivity index (χ3n) is 1.65. The lowest BCUT2D eigenvalue weighted by molar-refractivity contribution is -0.140. The lowest BCUT2D eigenvalue weighted by Gasteiger charge is -2.06. The minimum Gasteiger partial charge on any atom is -0.469 e. The summed E-state index contributed by atoms with van der Waals surface area (Å²) < 4.78 is 4.50. The zero-order chi connectivity index (χ0) is 12.1. The van der Waals surface area contributed by atoms with Crippen molar-refractivity contribution < 1.29 is 14.3 Å². The van der Waals surface area contributed by atoms with Gasteiger partial charge < -0.3 is 15.8 Å². The Balaban J connectivity index is 2.66. The molecule has 7 nitrogen and oxygen atoms in total. The maximum Gasteiger partial charge on any atom is 0.307 e. The van der Waals surface area contributed by atoms with Crippen LogP contribution in [0.2, 0.25) is 0 Å². The molecule has 0 saturated carbocycles. The van der Waals surface area contributed by atoms with Crippen molar-refractivity contribution in [3.8, 4) is 0 Å². The van der Waals surface area contributed by atoms with Crippen molar-refractivity contribution in [2.45, 2.75) is 11.7 Å². The summed E-state index contributed by atoms with van der Waals surface area (Å²) in [6.45, 7) is 0. The third-order valence-corrected chi connectivity index (χ3v) is 2.73. The molecule has 1 rings (SSSR count). The van der Waals surface area contributed by atoms with Crippen LogP contribution < -0.4 is 16.5 Å². The summed E-state index contributed by atoms with van der Waals surface area (Å²) in [5, 5.41) is 5.56. The van der Waals surface area contributed by atoms with Crippen molar-refractivity contribution in [1.82, 2.24) is 10.7 Å². The van der Waals surface area contributed by atoms with Crippen molar-refractivity contribution in [3.63, 3.8) is 0 Å². The van der Waals surface area contributed by atoms with Crippen LogP contribution in [0.3, 0.4) is 0 Å². The van der Waals surface area contributed by atoms with E-state index in [9.17, 15) is 9.59 Å². The molecule has 88 valence electrons. The first kappa shape index (κ1) is 12.7. The number of esters is 1. The van der Waals surface area contributed by atoms with Crippen LogP contribution in [0.15, 0.2) is 5.10 Å². The van der Waals surface area contributed by atoms with E-state index in [1.54, 1.807) is 0 Å². The molecule has 0 bridgehead atoms. The van der Waals surface area contributed by atoms with E-state index in [4.69, 9.17) is 5.73 Å². The number of nitrogens with two attached hydrogens (primary N) is 1. The Morgan fingerprint density at radius 2 is 2.50 bits per heavy atom. The maximum atomic E-state index is 11.1. The van der Waals surface area contributed by atoms with Gasteiger partial charge in [0, 0.05) is 0 Å². The van der Waals surface area contributed by atoms with Gasteiger partial charge in [0.1, 0.15) is 5.84 Å². The third kappa shape index (κ3) is 3.66. The second kappa shape index (κ2) is 5.66. The van der Waals surface area contributed by atoms with Gasteiger partial charge in [-0.2, -0.15) is 5.10 Å². The number of nitrogens with one attached hydrogen (secondary N) is 2. The molecule has 1 fully saturated rings. The maximum absolute atomic E-state index is 11.1. The fourth-order valence-corrected chi connectivity index (χ4v) is 1.90. The van der Waals surface area contributed by atoms with Gasteiger partial charge in [0.05, 0.1) is 18.8 Å². The molecule has 0 aromatic carbocycles. The van der Waals surface area contributed by atoms with E-state index in [1.807, 2.05) is 0 Å². The molecule has 0 aliphatic carbocycles. The van der Waals surface area contributed by atoms with Gasteiger partial charge in [0.15, 0.2) is 5.11 Å². The van der Waals surface area contributed by atoms with Crippen molar-refractivity contribution in [3.05, 3.63) is 0 Å². The molecule has 1 atom stereocenters. The SMILES string of the molecule is COC(=O)CC1SC(=O)N/C1=N\NC(N)=S. The van der Waals surface area contributed by atoms with Gasteiger partial charge in [-0.1, -0.05) is 11.8 Å². The second-order valence-electron chi connectivity index (χ2n) is 2.77. The highest BCUT2D eigenvalue weighted by molar-refractivity contribution is 8.15. The van der Waals surface area contributed by atoms with E-state index in [2.05, 4.69) is 32.8 Å². The van der Waals surface area contributed by atoms with Crippen LogP contribution in [-0.2, 0) is 9.53 Å². The first-order valence-electron chi connectivity index (χ1n) is 4.20. The predicted molar refractivity (Wildman–Crippen MR) is 63.9 cm³/mol. The standard InChI is InChI=1S/C7H10N4O3S2/c1-14-4(12)2-3-5(9-7(13)16-3)10-11-6(8)15/h3H,2H2,1H3,(H3,8,11,15)(H,9,10,13). The monoisotopic (exact) mass is 262 g/mol. The summed E-state index contributed by atoms with van der Waals surface area (Å²) in [5.74, 6) is -0.106. The van der Waals surface area contributed by atoms with E-state index >= 15 is 0 Å². The van der Waals surface area contributed by atoms with Crippen molar-refractivity contribution in [1.29, 1.82) is 0 Å². The van der Waals surface area contributed by atoms with Crippen LogP contribution in [0.1, 0.15) is 6.42 Å². The van der Waals surface area contributed by atoms with Gasteiger partial charge in [0.2, 0.25) is 0 Å². The average molecular weight is 262 g/mol. The van der Waals surface area contributed by atoms with Gasteiger partial charge in [-0.05, 0) is 12.2 Å². The minimum absolute atomic E-state index is 0.0181. The predicted octanol–water partition coefficient (Wildman–Crippen LogP) is -0.479. The van der Waals surface area contributed by atoms with E-state index in [1.165, 1.54) is 7.11 Å². The van der Waals surface area contributed by atoms with Crippen LogP contribution in [0.4, 0.5) is 4.79 Å². The number of nitrogens with zero attached hydrogens (tertiary/aromatic N) is 1. The normalized spacial score (nSPS) is 21.7. The zero-order valence-electron chi connectivity index (χ0n) is 8.35. The van der Waals surface area contributed by atoms with Gasteiger partial charge in [0.25, 0.3) is 5.24 Å². The molecule has 0 spiro atoms. The van der Waals surface area contributed by atoms with Gasteiger partial charge in [-0.25, -0.2) is 0 Å². The largest absolute Gasteiger partial charge is 0.469 e. The smallest absolute Gasteiger partial charge is 0.307 e. The quantitative estimate of drug-likeness (QED) is 0.358. The Hall–Kier alpha value is -1.35. The lowest BCUT2D eigenvalue weighted by atomic mass is 10.3. The number of amidine groups is 1. The summed E-state index contributed by atoms with van der Waals surface area (Å²) in [7, 11) is 1.28. The zero-order valence-corrected chi connectivity index (χ0v) is 9.98. The number of thiocarbonyl (C=S) groups is 1. The number of carbonyl (C=O) groups is 2. The summed E-state index contributed by atoms with van der Waals surface area (Å²) in [4.78, 5) is 22.2. The Morgan fingerprint density at radius 3 is 3.06 bits per heavy atom. The van der Waals surface area contributed by atoms with Crippen LogP contribution in [-0.4, -0.2) is 34.5 Å². The second-order valence-corrected chi connectivity index (χ2v) is 4.39. The van der Waals surface area contributed by atoms with Gasteiger partial charge in [-0.3, -0.25) is 15.0 Å². The van der Waals surface area contributed by atoms with Gasteiger partial charge in [-0.15, -0.1) is 0 Å². The molecular weight excluding hydrogens is 252 g/mol. The summed E-state index contributed by atoms with van der Waals surface area (Å²) in [5.41, 5.74) is 7.53. The molecule has 16 heavy (non-hydrogen) atoms. The van der Waals surface area contributed by atoms with Crippen LogP contribution in [0.25, 0.3) is 0 Å². The summed E-state index contributed by atoms with van der Waals surface area (Å²) in [6, 6.07) is 0. The van der Waals surface area contributed by atoms with Crippen LogP contribution in [0, 0.1) is 0 Å². The molecule has 0 aromatic heterocycles. The molecule has 0 aromatic rings. The molecule has 1 amide bonds. The molecule has 1 aliphatic rings. The number of carbonyl (C=O) groups excluding carboxylic acids is 2. The van der Waals surface area contributed by atoms with Crippen molar-refractivity contribution in [2.24, 2.45) is 10.8 Å². The Morgan fingerprint density at radius 1 is 1.81 bits per heavy atom. The fourth-order valence-electron chi connectivity index (χ4n) is 0.988. The van der Waals surface area contributed by atoms with Crippen molar-refractivity contribution in [2.75, 3.05) is 7.11 Å². The van der Waals surface area contributed by atoms with E-state index in [0.29, 0.717) is 5.84 Å². The number of hydrogen-bond acceptors (Lipinski definition) is 6. The van der Waals surface area contributed by atoms with Crippen molar-refractivity contribution >= 4 is 46.1 Å². The molecule has 1 heterocycles. The Kier molecular flexibility index (Phi) is 4.50. The highest BCUT2D eigenvalue weighted by Gasteiger charge is 2.32. The number of amides is 1. The molecule has 1 unspecified atom stereocenters. The lowest BCUT2D eigenvalue weighted by Crippen LogP contribution is -2.32. The Bertz CT molecular complexity index is 358. The minimum atomic E-state index is -0.419. The number of methoxy groups -OCH3 is 1. The summed E-state index contributed by atoms with van der Waals surface area (Å²) in [6.07, 6.45) is 0.0533. The van der Waals surface area contributed by atoms with E-state index in [-0.39, 0.29) is 16.8 Å². The highest BCUT2D eigenvalue weighted by Crippen LogP contribution is 2.22. The Labute approximate surface area is 101 Å². The molecule has 0 radical (unpaired) electrons. The first-order chi connectivity index (χ1) is 7.52. The van der Waals surface area contributed by atoms with Crippen LogP contribution >= 0.6 is 24.0 Å². The van der Waals surface area contributed by atoms with Crippen LogP contribution in [0.5, 0.6) is 0 Å². The van der Waals surface area contributed by atoms with E-state index in [0.717, 1.165) is 11.8 Å². The number of hydrogen-bond donors (Lipinski definition) is 3. The summed E-state index contributed by atoms with van der Waals surface area (Å²) >= 11 is 5.52. The topological polar surface area (TPSA) is 106 Å². The average Bonchev–Trinajstić information content (AvgIpc) is 2.55. The molecule has 4 N–H and O–H groups in total. The molecule has 9 heteroatoms. The number of thioether (sulfide) groups is 1. The fraction of sp³-hybridized carbons (Fsp3) is 0.429. The molecule has 1 aliphatic heterocycles. The first-order valence-corrected chi connectivity index (χ1v) is 5.49. The molecular formula is C7H10N4O3S2. The number of rotatable bonds is 3. The highest BCUT2D eigenvalue weighted by atomic mass is 32.2. The van der Waals surface area contributed by atoms with E-state index < -0.39 is 11.2 Å². The number of ether oxygens (including phenoxy) is 1. The number of hydrazone groups is 1. The molecule has 1 saturated heterocycles.